The molecule has 2 N–H and O–H groups in total. The van der Waals surface area contributed by atoms with Gasteiger partial charge in [-0.25, -0.2) is 9.18 Å². The molecule has 0 saturated heterocycles. The van der Waals surface area contributed by atoms with E-state index in [0.29, 0.717) is 22.9 Å². The molecule has 4 nitrogen and oxygen atoms in total. The smallest absolute Gasteiger partial charge is 0.329 e. The fraction of sp³-hybridized carbons (Fsp3) is 0.385. The fourth-order valence-electron chi connectivity index (χ4n) is 2.07. The SMILES string of the molecule is O=C(Cc1ccc(Br)c(F)c1)NC1(C(=O)O)CCC1. The Hall–Kier alpha value is -1.43. The maximum absolute atomic E-state index is 13.3. The third kappa shape index (κ3) is 2.94. The molecule has 0 bridgehead atoms. The van der Waals surface area contributed by atoms with E-state index in [1.165, 1.54) is 12.1 Å². The molecule has 1 fully saturated rings. The van der Waals surface area contributed by atoms with Crippen molar-refractivity contribution in [2.45, 2.75) is 31.2 Å². The first-order valence-corrected chi connectivity index (χ1v) is 6.71. The molecule has 0 aromatic heterocycles. The highest BCUT2D eigenvalue weighted by atomic mass is 79.9. The molecule has 102 valence electrons. The van der Waals surface area contributed by atoms with Crippen LogP contribution in [0.4, 0.5) is 4.39 Å². The van der Waals surface area contributed by atoms with Gasteiger partial charge in [-0.1, -0.05) is 6.07 Å². The maximum Gasteiger partial charge on any atom is 0.329 e. The quantitative estimate of drug-likeness (QED) is 0.890. The third-order valence-corrected chi connectivity index (χ3v) is 3.99. The number of hydrogen-bond acceptors (Lipinski definition) is 2. The average Bonchev–Trinajstić information content (AvgIpc) is 2.28. The molecule has 0 heterocycles. The largest absolute Gasteiger partial charge is 0.480 e. The molecule has 1 amide bonds. The zero-order valence-electron chi connectivity index (χ0n) is 10.1. The monoisotopic (exact) mass is 329 g/mol. The average molecular weight is 330 g/mol. The zero-order valence-corrected chi connectivity index (χ0v) is 11.7. The Morgan fingerprint density at radius 3 is 2.58 bits per heavy atom. The normalized spacial score (nSPS) is 16.5. The van der Waals surface area contributed by atoms with Crippen LogP contribution in [0.1, 0.15) is 24.8 Å². The molecule has 6 heteroatoms. The summed E-state index contributed by atoms with van der Waals surface area (Å²) in [5.74, 6) is -1.85. The molecule has 1 saturated carbocycles. The molecule has 19 heavy (non-hydrogen) atoms. The Morgan fingerprint density at radius 1 is 1.42 bits per heavy atom. The molecule has 1 aliphatic carbocycles. The van der Waals surface area contributed by atoms with E-state index in [9.17, 15) is 14.0 Å². The Kier molecular flexibility index (Phi) is 3.89. The molecule has 0 unspecified atom stereocenters. The minimum atomic E-state index is -1.12. The third-order valence-electron chi connectivity index (χ3n) is 3.34. The minimum absolute atomic E-state index is 0.0285. The van der Waals surface area contributed by atoms with Crippen LogP contribution in [-0.2, 0) is 16.0 Å². The molecular formula is C13H13BrFNO3. The molecule has 0 atom stereocenters. The minimum Gasteiger partial charge on any atom is -0.480 e. The van der Waals surface area contributed by atoms with Crippen molar-refractivity contribution in [2.24, 2.45) is 0 Å². The van der Waals surface area contributed by atoms with Crippen molar-refractivity contribution in [3.63, 3.8) is 0 Å². The second-order valence-corrected chi connectivity index (χ2v) is 5.57. The first-order chi connectivity index (χ1) is 8.93. The number of carboxylic acid groups (broad SMARTS) is 1. The summed E-state index contributed by atoms with van der Waals surface area (Å²) in [6, 6.07) is 4.41. The van der Waals surface area contributed by atoms with Gasteiger partial charge in [-0.15, -0.1) is 0 Å². The van der Waals surface area contributed by atoms with Gasteiger partial charge in [0.25, 0.3) is 0 Å². The van der Waals surface area contributed by atoms with E-state index in [1.807, 2.05) is 0 Å². The van der Waals surface area contributed by atoms with Crippen LogP contribution in [0.5, 0.6) is 0 Å². The Morgan fingerprint density at radius 2 is 2.11 bits per heavy atom. The lowest BCUT2D eigenvalue weighted by molar-refractivity contribution is -0.151. The summed E-state index contributed by atoms with van der Waals surface area (Å²) >= 11 is 3.03. The second-order valence-electron chi connectivity index (χ2n) is 4.71. The van der Waals surface area contributed by atoms with Gasteiger partial charge in [-0.3, -0.25) is 4.79 Å². The van der Waals surface area contributed by atoms with Crippen LogP contribution in [0.3, 0.4) is 0 Å². The van der Waals surface area contributed by atoms with E-state index in [2.05, 4.69) is 21.2 Å². The van der Waals surface area contributed by atoms with Gasteiger partial charge < -0.3 is 10.4 Å². The van der Waals surface area contributed by atoms with Crippen LogP contribution in [-0.4, -0.2) is 22.5 Å². The summed E-state index contributed by atoms with van der Waals surface area (Å²) < 4.78 is 13.6. The standard InChI is InChI=1S/C13H13BrFNO3/c14-9-3-2-8(6-10(9)15)7-11(17)16-13(12(18)19)4-1-5-13/h2-3,6H,1,4-5,7H2,(H,16,17)(H,18,19). The molecule has 1 aliphatic rings. The van der Waals surface area contributed by atoms with E-state index < -0.39 is 23.2 Å². The lowest BCUT2D eigenvalue weighted by Crippen LogP contribution is -2.59. The lowest BCUT2D eigenvalue weighted by atomic mass is 9.76. The Labute approximate surface area is 118 Å². The lowest BCUT2D eigenvalue weighted by Gasteiger charge is -2.38. The summed E-state index contributed by atoms with van der Waals surface area (Å²) in [5.41, 5.74) is -0.608. The summed E-state index contributed by atoms with van der Waals surface area (Å²) in [4.78, 5) is 22.9. The number of carbonyl (C=O) groups excluding carboxylic acids is 1. The van der Waals surface area contributed by atoms with Crippen molar-refractivity contribution in [3.8, 4) is 0 Å². The highest BCUT2D eigenvalue weighted by Crippen LogP contribution is 2.32. The van der Waals surface area contributed by atoms with Gasteiger partial charge in [0.1, 0.15) is 11.4 Å². The van der Waals surface area contributed by atoms with Crippen LogP contribution in [0.15, 0.2) is 22.7 Å². The number of halogens is 2. The summed E-state index contributed by atoms with van der Waals surface area (Å²) in [7, 11) is 0. The van der Waals surface area contributed by atoms with Gasteiger partial charge in [0.15, 0.2) is 0 Å². The van der Waals surface area contributed by atoms with Crippen molar-refractivity contribution in [3.05, 3.63) is 34.1 Å². The van der Waals surface area contributed by atoms with Crippen molar-refractivity contribution in [1.29, 1.82) is 0 Å². The molecule has 0 spiro atoms. The van der Waals surface area contributed by atoms with E-state index >= 15 is 0 Å². The van der Waals surface area contributed by atoms with Gasteiger partial charge in [-0.2, -0.15) is 0 Å². The van der Waals surface area contributed by atoms with Gasteiger partial charge in [0.2, 0.25) is 5.91 Å². The van der Waals surface area contributed by atoms with Crippen molar-refractivity contribution in [1.82, 2.24) is 5.32 Å². The summed E-state index contributed by atoms with van der Waals surface area (Å²) in [6.07, 6.45) is 1.66. The number of benzene rings is 1. The first-order valence-electron chi connectivity index (χ1n) is 5.91. The van der Waals surface area contributed by atoms with Crippen molar-refractivity contribution < 1.29 is 19.1 Å². The van der Waals surface area contributed by atoms with Gasteiger partial charge in [-0.05, 0) is 52.9 Å². The van der Waals surface area contributed by atoms with E-state index in [4.69, 9.17) is 5.11 Å². The summed E-state index contributed by atoms with van der Waals surface area (Å²) in [6.45, 7) is 0. The van der Waals surface area contributed by atoms with Crippen molar-refractivity contribution in [2.75, 3.05) is 0 Å². The second kappa shape index (κ2) is 5.28. The van der Waals surface area contributed by atoms with E-state index in [1.54, 1.807) is 6.07 Å². The number of rotatable bonds is 4. The van der Waals surface area contributed by atoms with Gasteiger partial charge in [0.05, 0.1) is 10.9 Å². The van der Waals surface area contributed by atoms with Gasteiger partial charge in [0, 0.05) is 0 Å². The molecular weight excluding hydrogens is 317 g/mol. The van der Waals surface area contributed by atoms with Crippen LogP contribution < -0.4 is 5.32 Å². The summed E-state index contributed by atoms with van der Waals surface area (Å²) in [5, 5.41) is 11.6. The predicted octanol–water partition coefficient (Wildman–Crippen LogP) is 2.25. The van der Waals surface area contributed by atoms with Crippen LogP contribution in [0.25, 0.3) is 0 Å². The van der Waals surface area contributed by atoms with Crippen LogP contribution in [0, 0.1) is 5.82 Å². The highest BCUT2D eigenvalue weighted by Gasteiger charge is 2.45. The molecule has 0 aliphatic heterocycles. The van der Waals surface area contributed by atoms with Crippen LogP contribution in [0.2, 0.25) is 0 Å². The van der Waals surface area contributed by atoms with Gasteiger partial charge >= 0.3 is 5.97 Å². The fourth-order valence-corrected chi connectivity index (χ4v) is 2.32. The number of hydrogen-bond donors (Lipinski definition) is 2. The Balaban J connectivity index is 2.01. The predicted molar refractivity (Wildman–Crippen MR) is 70.2 cm³/mol. The topological polar surface area (TPSA) is 66.4 Å². The molecule has 1 aromatic rings. The maximum atomic E-state index is 13.3. The number of nitrogens with one attached hydrogen (secondary N) is 1. The highest BCUT2D eigenvalue weighted by molar-refractivity contribution is 9.10. The number of carbonyl (C=O) groups is 2. The van der Waals surface area contributed by atoms with E-state index in [0.717, 1.165) is 6.42 Å². The molecule has 2 rings (SSSR count). The van der Waals surface area contributed by atoms with E-state index in [-0.39, 0.29) is 6.42 Å². The zero-order chi connectivity index (χ0) is 14.0. The molecule has 1 aromatic carbocycles. The van der Waals surface area contributed by atoms with Crippen molar-refractivity contribution >= 4 is 27.8 Å². The molecule has 0 radical (unpaired) electrons. The van der Waals surface area contributed by atoms with Crippen LogP contribution >= 0.6 is 15.9 Å². The number of amides is 1. The number of carboxylic acids is 1. The Bertz CT molecular complexity index is 529. The number of aliphatic carboxylic acids is 1. The first kappa shape index (κ1) is 14.0.